The van der Waals surface area contributed by atoms with E-state index >= 15 is 0 Å². The van der Waals surface area contributed by atoms with E-state index in [1.165, 1.54) is 24.8 Å². The van der Waals surface area contributed by atoms with Gasteiger partial charge in [-0.2, -0.15) is 0 Å². The fraction of sp³-hybridized carbons (Fsp3) is 0.625. The van der Waals surface area contributed by atoms with Gasteiger partial charge in [-0.25, -0.2) is 0 Å². The molecule has 1 aromatic rings. The SMILES string of the molecule is CC1OCCC1C(O)c1ccccc1C1CCC1. The Morgan fingerprint density at radius 3 is 2.61 bits per heavy atom. The van der Waals surface area contributed by atoms with Crippen LogP contribution in [0.5, 0.6) is 0 Å². The summed E-state index contributed by atoms with van der Waals surface area (Å²) in [5.74, 6) is 0.930. The first kappa shape index (κ1) is 12.2. The van der Waals surface area contributed by atoms with E-state index in [2.05, 4.69) is 25.1 Å². The van der Waals surface area contributed by atoms with Crippen LogP contribution in [-0.4, -0.2) is 17.8 Å². The lowest BCUT2D eigenvalue weighted by molar-refractivity contribution is 0.0423. The predicted molar refractivity (Wildman–Crippen MR) is 71.5 cm³/mol. The molecule has 0 amide bonds. The molecule has 0 bridgehead atoms. The Kier molecular flexibility index (Phi) is 3.40. The standard InChI is InChI=1S/C16H22O2/c1-11-13(9-10-18-11)16(17)15-8-3-2-7-14(15)12-5-4-6-12/h2-3,7-8,11-13,16-17H,4-6,9-10H2,1H3. The quantitative estimate of drug-likeness (QED) is 0.885. The smallest absolute Gasteiger partial charge is 0.0846 e. The monoisotopic (exact) mass is 246 g/mol. The molecule has 2 fully saturated rings. The highest BCUT2D eigenvalue weighted by molar-refractivity contribution is 5.34. The third-order valence-electron chi connectivity index (χ3n) is 4.70. The maximum absolute atomic E-state index is 10.7. The maximum atomic E-state index is 10.7. The van der Waals surface area contributed by atoms with Gasteiger partial charge in [0.25, 0.3) is 0 Å². The number of ether oxygens (including phenoxy) is 1. The van der Waals surface area contributed by atoms with Gasteiger partial charge in [-0.1, -0.05) is 30.7 Å². The Balaban J connectivity index is 1.86. The second-order valence-corrected chi connectivity index (χ2v) is 5.73. The molecular formula is C16H22O2. The average Bonchev–Trinajstić information content (AvgIpc) is 2.73. The van der Waals surface area contributed by atoms with Crippen molar-refractivity contribution in [2.24, 2.45) is 5.92 Å². The summed E-state index contributed by atoms with van der Waals surface area (Å²) in [5, 5.41) is 10.7. The van der Waals surface area contributed by atoms with Crippen molar-refractivity contribution in [3.8, 4) is 0 Å². The maximum Gasteiger partial charge on any atom is 0.0846 e. The van der Waals surface area contributed by atoms with Crippen LogP contribution in [0.25, 0.3) is 0 Å². The summed E-state index contributed by atoms with van der Waals surface area (Å²) < 4.78 is 5.59. The number of rotatable bonds is 3. The Labute approximate surface area is 109 Å². The highest BCUT2D eigenvalue weighted by Gasteiger charge is 2.34. The van der Waals surface area contributed by atoms with E-state index in [9.17, 15) is 5.11 Å². The van der Waals surface area contributed by atoms with Crippen molar-refractivity contribution in [1.82, 2.24) is 0 Å². The highest BCUT2D eigenvalue weighted by Crippen LogP contribution is 2.42. The topological polar surface area (TPSA) is 29.5 Å². The van der Waals surface area contributed by atoms with E-state index in [1.54, 1.807) is 0 Å². The lowest BCUT2D eigenvalue weighted by Gasteiger charge is -2.31. The first-order valence-electron chi connectivity index (χ1n) is 7.16. The van der Waals surface area contributed by atoms with Crippen molar-refractivity contribution < 1.29 is 9.84 Å². The molecule has 2 nitrogen and oxygen atoms in total. The lowest BCUT2D eigenvalue weighted by atomic mass is 9.76. The van der Waals surface area contributed by atoms with Crippen molar-refractivity contribution in [3.05, 3.63) is 35.4 Å². The van der Waals surface area contributed by atoms with Gasteiger partial charge in [-0.3, -0.25) is 0 Å². The summed E-state index contributed by atoms with van der Waals surface area (Å²) in [4.78, 5) is 0. The van der Waals surface area contributed by atoms with Gasteiger partial charge in [0.05, 0.1) is 12.2 Å². The molecule has 18 heavy (non-hydrogen) atoms. The third-order valence-corrected chi connectivity index (χ3v) is 4.70. The number of hydrogen-bond donors (Lipinski definition) is 1. The van der Waals surface area contributed by atoms with Crippen LogP contribution in [0.2, 0.25) is 0 Å². The molecule has 3 atom stereocenters. The number of aliphatic hydroxyl groups excluding tert-OH is 1. The highest BCUT2D eigenvalue weighted by atomic mass is 16.5. The molecule has 1 heterocycles. The van der Waals surface area contributed by atoms with E-state index in [0.717, 1.165) is 18.6 Å². The molecule has 1 saturated carbocycles. The van der Waals surface area contributed by atoms with Crippen LogP contribution in [-0.2, 0) is 4.74 Å². The fourth-order valence-electron chi connectivity index (χ4n) is 3.26. The number of benzene rings is 1. The van der Waals surface area contributed by atoms with Gasteiger partial charge in [0.2, 0.25) is 0 Å². The van der Waals surface area contributed by atoms with Crippen molar-refractivity contribution >= 4 is 0 Å². The van der Waals surface area contributed by atoms with Crippen LogP contribution in [0.15, 0.2) is 24.3 Å². The van der Waals surface area contributed by atoms with Crippen LogP contribution in [0.3, 0.4) is 0 Å². The van der Waals surface area contributed by atoms with Crippen LogP contribution in [0.1, 0.15) is 55.8 Å². The molecule has 0 radical (unpaired) electrons. The van der Waals surface area contributed by atoms with Gasteiger partial charge in [-0.05, 0) is 43.2 Å². The van der Waals surface area contributed by atoms with E-state index < -0.39 is 0 Å². The first-order chi connectivity index (χ1) is 8.77. The zero-order chi connectivity index (χ0) is 12.5. The Hall–Kier alpha value is -0.860. The minimum atomic E-state index is -0.362. The normalized spacial score (nSPS) is 30.1. The molecule has 1 N–H and O–H groups in total. The predicted octanol–water partition coefficient (Wildman–Crippen LogP) is 3.41. The van der Waals surface area contributed by atoms with Gasteiger partial charge >= 0.3 is 0 Å². The lowest BCUT2D eigenvalue weighted by Crippen LogP contribution is -2.22. The molecule has 1 saturated heterocycles. The zero-order valence-electron chi connectivity index (χ0n) is 11.0. The largest absolute Gasteiger partial charge is 0.388 e. The van der Waals surface area contributed by atoms with E-state index in [-0.39, 0.29) is 18.1 Å². The molecule has 2 aliphatic rings. The molecule has 0 spiro atoms. The van der Waals surface area contributed by atoms with Crippen LogP contribution in [0, 0.1) is 5.92 Å². The fourth-order valence-corrected chi connectivity index (χ4v) is 3.26. The van der Waals surface area contributed by atoms with Crippen LogP contribution < -0.4 is 0 Å². The van der Waals surface area contributed by atoms with Gasteiger partial charge in [0.15, 0.2) is 0 Å². The number of aliphatic hydroxyl groups is 1. The molecule has 1 aliphatic carbocycles. The minimum absolute atomic E-state index is 0.175. The molecule has 2 heteroatoms. The van der Waals surface area contributed by atoms with Gasteiger partial charge in [0, 0.05) is 12.5 Å². The van der Waals surface area contributed by atoms with Crippen molar-refractivity contribution in [2.45, 2.75) is 50.7 Å². The van der Waals surface area contributed by atoms with Crippen LogP contribution in [0.4, 0.5) is 0 Å². The molecule has 3 rings (SSSR count). The molecule has 3 unspecified atom stereocenters. The Morgan fingerprint density at radius 1 is 1.22 bits per heavy atom. The zero-order valence-corrected chi connectivity index (χ0v) is 11.0. The molecule has 98 valence electrons. The Morgan fingerprint density at radius 2 is 2.00 bits per heavy atom. The minimum Gasteiger partial charge on any atom is -0.388 e. The summed E-state index contributed by atoms with van der Waals surface area (Å²) in [7, 11) is 0. The second-order valence-electron chi connectivity index (χ2n) is 5.73. The molecular weight excluding hydrogens is 224 g/mol. The molecule has 1 aromatic carbocycles. The van der Waals surface area contributed by atoms with Gasteiger partial charge in [0.1, 0.15) is 0 Å². The summed E-state index contributed by atoms with van der Waals surface area (Å²) >= 11 is 0. The molecule has 0 aromatic heterocycles. The van der Waals surface area contributed by atoms with Crippen molar-refractivity contribution in [3.63, 3.8) is 0 Å². The van der Waals surface area contributed by atoms with Crippen molar-refractivity contribution in [1.29, 1.82) is 0 Å². The van der Waals surface area contributed by atoms with E-state index in [1.807, 2.05) is 6.07 Å². The summed E-state index contributed by atoms with van der Waals surface area (Å²) in [6.07, 6.45) is 4.68. The van der Waals surface area contributed by atoms with E-state index in [0.29, 0.717) is 5.92 Å². The first-order valence-corrected chi connectivity index (χ1v) is 7.16. The summed E-state index contributed by atoms with van der Waals surface area (Å²) in [6.45, 7) is 2.86. The van der Waals surface area contributed by atoms with Crippen molar-refractivity contribution in [2.75, 3.05) is 6.61 Å². The van der Waals surface area contributed by atoms with Crippen LogP contribution >= 0.6 is 0 Å². The Bertz CT molecular complexity index is 411. The third kappa shape index (κ3) is 2.08. The second kappa shape index (κ2) is 5.02. The summed E-state index contributed by atoms with van der Waals surface area (Å²) in [5.41, 5.74) is 2.51. The number of hydrogen-bond acceptors (Lipinski definition) is 2. The van der Waals surface area contributed by atoms with Gasteiger partial charge < -0.3 is 9.84 Å². The molecule has 1 aliphatic heterocycles. The average molecular weight is 246 g/mol. The summed E-state index contributed by atoms with van der Waals surface area (Å²) in [6, 6.07) is 8.44. The van der Waals surface area contributed by atoms with E-state index in [4.69, 9.17) is 4.74 Å². The van der Waals surface area contributed by atoms with Gasteiger partial charge in [-0.15, -0.1) is 0 Å².